The van der Waals surface area contributed by atoms with Crippen molar-refractivity contribution >= 4 is 18.2 Å². The first kappa shape index (κ1) is 8.70. The number of nitrogens with zero attached hydrogens (tertiary/aromatic N) is 1. The van der Waals surface area contributed by atoms with Crippen LogP contribution in [0.5, 0.6) is 0 Å². The summed E-state index contributed by atoms with van der Waals surface area (Å²) < 4.78 is 0. The van der Waals surface area contributed by atoms with Crippen LogP contribution >= 0.6 is 0 Å². The Balaban J connectivity index is 2.38. The Morgan fingerprint density at radius 2 is 2.58 bits per heavy atom. The summed E-state index contributed by atoms with van der Waals surface area (Å²) in [5.74, 6) is -0.460. The molecule has 0 bridgehead atoms. The minimum absolute atomic E-state index is 0.0661. The van der Waals surface area contributed by atoms with Crippen LogP contribution in [0.15, 0.2) is 4.99 Å². The molecule has 0 saturated carbocycles. The molecule has 1 atom stereocenters. The second kappa shape index (κ2) is 3.85. The third kappa shape index (κ3) is 2.05. The summed E-state index contributed by atoms with van der Waals surface area (Å²) >= 11 is 0. The van der Waals surface area contributed by atoms with Gasteiger partial charge in [-0.25, -0.2) is 0 Å². The van der Waals surface area contributed by atoms with Gasteiger partial charge >= 0.3 is 0 Å². The van der Waals surface area contributed by atoms with Gasteiger partial charge in [0.2, 0.25) is 11.8 Å². The van der Waals surface area contributed by atoms with E-state index in [-0.39, 0.29) is 24.2 Å². The maximum Gasteiger partial charge on any atom is 0.230 e. The molecule has 0 radical (unpaired) electrons. The fraction of sp³-hybridized carbons (Fsp3) is 0.571. The first-order chi connectivity index (χ1) is 5.74. The fourth-order valence-electron chi connectivity index (χ4n) is 1.04. The molecule has 1 aliphatic rings. The van der Waals surface area contributed by atoms with Gasteiger partial charge in [-0.2, -0.15) is 0 Å². The molecule has 1 aliphatic heterocycles. The lowest BCUT2D eigenvalue weighted by atomic mass is 10.1. The van der Waals surface area contributed by atoms with E-state index in [4.69, 9.17) is 0 Å². The SMILES string of the molecule is C/N=C/NC(=O)[C@H]1CNC(=O)C1. The summed E-state index contributed by atoms with van der Waals surface area (Å²) in [6.45, 7) is 0.433. The van der Waals surface area contributed by atoms with Gasteiger partial charge in [-0.1, -0.05) is 0 Å². The van der Waals surface area contributed by atoms with Crippen LogP contribution in [0.3, 0.4) is 0 Å². The van der Waals surface area contributed by atoms with E-state index >= 15 is 0 Å². The van der Waals surface area contributed by atoms with Crippen LogP contribution in [0, 0.1) is 5.92 Å². The number of hydrogen-bond donors (Lipinski definition) is 2. The normalized spacial score (nSPS) is 22.8. The molecule has 12 heavy (non-hydrogen) atoms. The number of amides is 2. The Morgan fingerprint density at radius 1 is 1.83 bits per heavy atom. The highest BCUT2D eigenvalue weighted by Crippen LogP contribution is 2.07. The molecule has 0 aromatic heterocycles. The van der Waals surface area contributed by atoms with Crippen molar-refractivity contribution in [3.63, 3.8) is 0 Å². The topological polar surface area (TPSA) is 70.6 Å². The zero-order chi connectivity index (χ0) is 8.97. The van der Waals surface area contributed by atoms with Crippen molar-refractivity contribution in [3.05, 3.63) is 0 Å². The third-order valence-corrected chi connectivity index (χ3v) is 1.68. The third-order valence-electron chi connectivity index (χ3n) is 1.68. The molecule has 1 fully saturated rings. The summed E-state index contributed by atoms with van der Waals surface area (Å²) in [5.41, 5.74) is 0. The summed E-state index contributed by atoms with van der Waals surface area (Å²) in [5, 5.41) is 5.05. The van der Waals surface area contributed by atoms with Gasteiger partial charge in [0.15, 0.2) is 0 Å². The number of nitrogens with one attached hydrogen (secondary N) is 2. The zero-order valence-electron chi connectivity index (χ0n) is 6.83. The molecule has 1 rings (SSSR count). The number of carbonyl (C=O) groups is 2. The molecule has 2 N–H and O–H groups in total. The van der Waals surface area contributed by atoms with Gasteiger partial charge in [-0.05, 0) is 0 Å². The van der Waals surface area contributed by atoms with Crippen molar-refractivity contribution in [3.8, 4) is 0 Å². The largest absolute Gasteiger partial charge is 0.355 e. The molecule has 0 aromatic rings. The second-order valence-corrected chi connectivity index (χ2v) is 2.60. The monoisotopic (exact) mass is 169 g/mol. The highest BCUT2D eigenvalue weighted by Gasteiger charge is 2.27. The maximum absolute atomic E-state index is 11.2. The lowest BCUT2D eigenvalue weighted by molar-refractivity contribution is -0.125. The quantitative estimate of drug-likeness (QED) is 0.407. The predicted octanol–water partition coefficient (Wildman–Crippen LogP) is -1.10. The lowest BCUT2D eigenvalue weighted by Crippen LogP contribution is -2.30. The van der Waals surface area contributed by atoms with E-state index in [0.29, 0.717) is 6.54 Å². The Morgan fingerprint density at radius 3 is 3.08 bits per heavy atom. The Hall–Kier alpha value is -1.39. The van der Waals surface area contributed by atoms with E-state index in [9.17, 15) is 9.59 Å². The first-order valence-electron chi connectivity index (χ1n) is 3.71. The van der Waals surface area contributed by atoms with Crippen LogP contribution in [-0.4, -0.2) is 31.7 Å². The molecule has 0 aliphatic carbocycles. The number of carbonyl (C=O) groups excluding carboxylic acids is 2. The Kier molecular flexibility index (Phi) is 2.79. The smallest absolute Gasteiger partial charge is 0.230 e. The molecule has 66 valence electrons. The van der Waals surface area contributed by atoms with Crippen molar-refractivity contribution < 1.29 is 9.59 Å². The van der Waals surface area contributed by atoms with Gasteiger partial charge in [0.1, 0.15) is 0 Å². The highest BCUT2D eigenvalue weighted by atomic mass is 16.2. The van der Waals surface area contributed by atoms with Crippen molar-refractivity contribution in [2.24, 2.45) is 10.9 Å². The van der Waals surface area contributed by atoms with Crippen LogP contribution in [0.4, 0.5) is 0 Å². The van der Waals surface area contributed by atoms with Crippen LogP contribution in [-0.2, 0) is 9.59 Å². The molecule has 1 heterocycles. The molecule has 0 aromatic carbocycles. The van der Waals surface area contributed by atoms with E-state index in [1.165, 1.54) is 6.34 Å². The lowest BCUT2D eigenvalue weighted by Gasteiger charge is -2.03. The molecule has 2 amide bonds. The van der Waals surface area contributed by atoms with Gasteiger partial charge in [0.25, 0.3) is 0 Å². The van der Waals surface area contributed by atoms with Crippen molar-refractivity contribution in [2.75, 3.05) is 13.6 Å². The van der Waals surface area contributed by atoms with Crippen molar-refractivity contribution in [1.29, 1.82) is 0 Å². The van der Waals surface area contributed by atoms with Crippen LogP contribution < -0.4 is 10.6 Å². The molecule has 5 heteroatoms. The average Bonchev–Trinajstić information content (AvgIpc) is 2.47. The fourth-order valence-corrected chi connectivity index (χ4v) is 1.04. The summed E-state index contributed by atoms with van der Waals surface area (Å²) in [7, 11) is 1.57. The van der Waals surface area contributed by atoms with Gasteiger partial charge in [-0.3, -0.25) is 14.6 Å². The van der Waals surface area contributed by atoms with E-state index < -0.39 is 0 Å². The summed E-state index contributed by atoms with van der Waals surface area (Å²) in [6.07, 6.45) is 1.61. The minimum Gasteiger partial charge on any atom is -0.355 e. The highest BCUT2D eigenvalue weighted by molar-refractivity contribution is 5.94. The van der Waals surface area contributed by atoms with Crippen LogP contribution in [0.1, 0.15) is 6.42 Å². The summed E-state index contributed by atoms with van der Waals surface area (Å²) in [4.78, 5) is 25.5. The molecule has 1 saturated heterocycles. The van der Waals surface area contributed by atoms with Crippen LogP contribution in [0.25, 0.3) is 0 Å². The van der Waals surface area contributed by atoms with E-state index in [0.717, 1.165) is 0 Å². The summed E-state index contributed by atoms with van der Waals surface area (Å²) in [6, 6.07) is 0. The number of aliphatic imine (C=N–C) groups is 1. The Labute approximate surface area is 70.2 Å². The van der Waals surface area contributed by atoms with Gasteiger partial charge in [-0.15, -0.1) is 0 Å². The second-order valence-electron chi connectivity index (χ2n) is 2.60. The predicted molar refractivity (Wildman–Crippen MR) is 43.7 cm³/mol. The molecular weight excluding hydrogens is 158 g/mol. The molecule has 0 spiro atoms. The molecule has 5 nitrogen and oxygen atoms in total. The van der Waals surface area contributed by atoms with Crippen LogP contribution in [0.2, 0.25) is 0 Å². The van der Waals surface area contributed by atoms with Gasteiger partial charge in [0, 0.05) is 20.0 Å². The minimum atomic E-state index is -0.240. The van der Waals surface area contributed by atoms with Gasteiger partial charge < -0.3 is 10.6 Å². The number of rotatable bonds is 2. The average molecular weight is 169 g/mol. The Bertz CT molecular complexity index is 225. The zero-order valence-corrected chi connectivity index (χ0v) is 6.83. The van der Waals surface area contributed by atoms with Crippen molar-refractivity contribution in [2.45, 2.75) is 6.42 Å². The maximum atomic E-state index is 11.2. The number of hydrogen-bond acceptors (Lipinski definition) is 3. The standard InChI is InChI=1S/C7H11N3O2/c1-8-4-10-7(12)5-2-6(11)9-3-5/h4-5H,2-3H2,1H3,(H,9,11)(H,8,10,12)/t5-/m1/s1. The van der Waals surface area contributed by atoms with E-state index in [2.05, 4.69) is 15.6 Å². The van der Waals surface area contributed by atoms with E-state index in [1.807, 2.05) is 0 Å². The molecular formula is C7H11N3O2. The van der Waals surface area contributed by atoms with Crippen molar-refractivity contribution in [1.82, 2.24) is 10.6 Å². The first-order valence-corrected chi connectivity index (χ1v) is 3.71. The van der Waals surface area contributed by atoms with Gasteiger partial charge in [0.05, 0.1) is 12.3 Å². The van der Waals surface area contributed by atoms with E-state index in [1.54, 1.807) is 7.05 Å². The molecule has 0 unspecified atom stereocenters.